The Hall–Kier alpha value is -1.42. The number of fused-ring (bicyclic) bond motifs is 1. The van der Waals surface area contributed by atoms with E-state index in [9.17, 15) is 4.79 Å². The van der Waals surface area contributed by atoms with Gasteiger partial charge in [-0.05, 0) is 6.07 Å². The second-order valence-electron chi connectivity index (χ2n) is 2.64. The molecule has 0 radical (unpaired) electrons. The summed E-state index contributed by atoms with van der Waals surface area (Å²) in [5.74, 6) is -0.0696. The predicted octanol–water partition coefficient (Wildman–Crippen LogP) is 1.59. The largest absolute Gasteiger partial charge is 0.293 e. The molecule has 0 saturated heterocycles. The Morgan fingerprint density at radius 2 is 2.38 bits per heavy atom. The van der Waals surface area contributed by atoms with E-state index in [4.69, 9.17) is 11.6 Å². The second-order valence-corrected chi connectivity index (χ2v) is 3.03. The summed E-state index contributed by atoms with van der Waals surface area (Å²) < 4.78 is 1.52. The molecule has 2 aromatic heterocycles. The van der Waals surface area contributed by atoms with Crippen molar-refractivity contribution in [2.24, 2.45) is 0 Å². The molecule has 0 fully saturated rings. The number of Topliss-reactive ketones (excluding diaryl/α,β-unsaturated/α-hetero) is 1. The maximum absolute atomic E-state index is 11.0. The number of rotatable bonds is 1. The van der Waals surface area contributed by atoms with Crippen molar-refractivity contribution >= 4 is 23.0 Å². The molecular formula is C8H6ClN3O. The van der Waals surface area contributed by atoms with E-state index < -0.39 is 0 Å². The zero-order valence-corrected chi connectivity index (χ0v) is 7.62. The van der Waals surface area contributed by atoms with Gasteiger partial charge in [-0.2, -0.15) is 5.10 Å². The summed E-state index contributed by atoms with van der Waals surface area (Å²) in [7, 11) is 0. The minimum atomic E-state index is -0.0696. The van der Waals surface area contributed by atoms with Gasteiger partial charge >= 0.3 is 0 Å². The van der Waals surface area contributed by atoms with Crippen molar-refractivity contribution < 1.29 is 4.79 Å². The summed E-state index contributed by atoms with van der Waals surface area (Å²) in [6, 6.07) is 3.21. The van der Waals surface area contributed by atoms with Crippen molar-refractivity contribution in [1.29, 1.82) is 0 Å². The monoisotopic (exact) mass is 195 g/mol. The minimum Gasteiger partial charge on any atom is -0.293 e. The van der Waals surface area contributed by atoms with Gasteiger partial charge in [-0.1, -0.05) is 11.6 Å². The second kappa shape index (κ2) is 2.81. The van der Waals surface area contributed by atoms with Crippen LogP contribution in [0.15, 0.2) is 18.3 Å². The molecule has 5 heteroatoms. The Morgan fingerprint density at radius 1 is 1.62 bits per heavy atom. The highest BCUT2D eigenvalue weighted by Crippen LogP contribution is 2.09. The van der Waals surface area contributed by atoms with Gasteiger partial charge in [-0.25, -0.2) is 9.50 Å². The number of nitrogens with zero attached hydrogens (tertiary/aromatic N) is 3. The maximum Gasteiger partial charge on any atom is 0.178 e. The highest BCUT2D eigenvalue weighted by molar-refractivity contribution is 6.29. The van der Waals surface area contributed by atoms with Crippen LogP contribution in [0.25, 0.3) is 5.65 Å². The fourth-order valence-corrected chi connectivity index (χ4v) is 1.23. The van der Waals surface area contributed by atoms with Gasteiger partial charge in [-0.15, -0.1) is 0 Å². The van der Waals surface area contributed by atoms with Gasteiger partial charge in [0.15, 0.2) is 16.6 Å². The average Bonchev–Trinajstić information content (AvgIpc) is 2.42. The molecule has 0 aliphatic rings. The summed E-state index contributed by atoms with van der Waals surface area (Å²) in [5.41, 5.74) is 1.00. The Bertz CT molecular complexity index is 477. The summed E-state index contributed by atoms with van der Waals surface area (Å²) in [6.45, 7) is 1.47. The van der Waals surface area contributed by atoms with E-state index in [-0.39, 0.29) is 5.78 Å². The van der Waals surface area contributed by atoms with Crippen LogP contribution in [0.5, 0.6) is 0 Å². The molecule has 0 unspecified atom stereocenters. The fraction of sp³-hybridized carbons (Fsp3) is 0.125. The first-order chi connectivity index (χ1) is 6.16. The third-order valence-corrected chi connectivity index (χ3v) is 1.84. The standard InChI is InChI=1S/C8H6ClN3O/c1-5(13)6-2-3-12-8(10-6)4-7(9)11-12/h2-4H,1H3. The normalized spacial score (nSPS) is 10.6. The van der Waals surface area contributed by atoms with Crippen molar-refractivity contribution in [3.05, 3.63) is 29.2 Å². The molecule has 0 amide bonds. The van der Waals surface area contributed by atoms with Crippen LogP contribution in [0.4, 0.5) is 0 Å². The molecule has 66 valence electrons. The summed E-state index contributed by atoms with van der Waals surface area (Å²) in [5, 5.41) is 4.29. The first kappa shape index (κ1) is 8.19. The maximum atomic E-state index is 11.0. The molecule has 2 rings (SSSR count). The molecule has 0 atom stereocenters. The van der Waals surface area contributed by atoms with Crippen molar-refractivity contribution in [2.75, 3.05) is 0 Å². The van der Waals surface area contributed by atoms with E-state index in [0.717, 1.165) is 0 Å². The van der Waals surface area contributed by atoms with Crippen molar-refractivity contribution in [3.63, 3.8) is 0 Å². The lowest BCUT2D eigenvalue weighted by Crippen LogP contribution is -1.99. The Kier molecular flexibility index (Phi) is 1.77. The Morgan fingerprint density at radius 3 is 3.08 bits per heavy atom. The van der Waals surface area contributed by atoms with Crippen molar-refractivity contribution in [1.82, 2.24) is 14.6 Å². The van der Waals surface area contributed by atoms with Gasteiger partial charge in [-0.3, -0.25) is 4.79 Å². The Labute approximate surface area is 79.2 Å². The lowest BCUT2D eigenvalue weighted by atomic mass is 10.3. The smallest absolute Gasteiger partial charge is 0.178 e. The van der Waals surface area contributed by atoms with Crippen LogP contribution >= 0.6 is 11.6 Å². The highest BCUT2D eigenvalue weighted by Gasteiger charge is 2.04. The summed E-state index contributed by atoms with van der Waals surface area (Å²) in [6.07, 6.45) is 1.66. The minimum absolute atomic E-state index is 0.0696. The molecule has 0 spiro atoms. The first-order valence-corrected chi connectivity index (χ1v) is 4.07. The highest BCUT2D eigenvalue weighted by atomic mass is 35.5. The number of carbonyl (C=O) groups excluding carboxylic acids is 1. The van der Waals surface area contributed by atoms with E-state index in [2.05, 4.69) is 10.1 Å². The van der Waals surface area contributed by atoms with Gasteiger partial charge in [0.25, 0.3) is 0 Å². The molecule has 0 N–H and O–H groups in total. The Balaban J connectivity index is 2.67. The van der Waals surface area contributed by atoms with Crippen LogP contribution in [-0.2, 0) is 0 Å². The molecule has 0 aromatic carbocycles. The molecule has 2 aromatic rings. The van der Waals surface area contributed by atoms with E-state index in [1.54, 1.807) is 18.3 Å². The van der Waals surface area contributed by atoms with E-state index >= 15 is 0 Å². The number of halogens is 1. The summed E-state index contributed by atoms with van der Waals surface area (Å²) >= 11 is 5.66. The topological polar surface area (TPSA) is 47.3 Å². The SMILES string of the molecule is CC(=O)c1ccn2nc(Cl)cc2n1. The van der Waals surface area contributed by atoms with Gasteiger partial charge in [0.2, 0.25) is 0 Å². The first-order valence-electron chi connectivity index (χ1n) is 3.70. The summed E-state index contributed by atoms with van der Waals surface area (Å²) in [4.78, 5) is 15.0. The van der Waals surface area contributed by atoms with Crippen molar-refractivity contribution in [2.45, 2.75) is 6.92 Å². The van der Waals surface area contributed by atoms with Gasteiger partial charge < -0.3 is 0 Å². The zero-order valence-electron chi connectivity index (χ0n) is 6.86. The molecule has 13 heavy (non-hydrogen) atoms. The van der Waals surface area contributed by atoms with Crippen LogP contribution in [0.3, 0.4) is 0 Å². The molecule has 0 saturated carbocycles. The average molecular weight is 196 g/mol. The van der Waals surface area contributed by atoms with E-state index in [1.807, 2.05) is 0 Å². The van der Waals surface area contributed by atoms with Crippen LogP contribution < -0.4 is 0 Å². The number of hydrogen-bond acceptors (Lipinski definition) is 3. The van der Waals surface area contributed by atoms with Crippen LogP contribution in [0.1, 0.15) is 17.4 Å². The number of aromatic nitrogens is 3. The number of ketones is 1. The number of hydrogen-bond donors (Lipinski definition) is 0. The quantitative estimate of drug-likeness (QED) is 0.650. The molecule has 2 heterocycles. The molecular weight excluding hydrogens is 190 g/mol. The van der Waals surface area contributed by atoms with Crippen LogP contribution in [-0.4, -0.2) is 20.4 Å². The van der Waals surface area contributed by atoms with Gasteiger partial charge in [0.1, 0.15) is 5.69 Å². The number of carbonyl (C=O) groups is 1. The lowest BCUT2D eigenvalue weighted by molar-refractivity contribution is 0.101. The van der Waals surface area contributed by atoms with Crippen LogP contribution in [0, 0.1) is 0 Å². The van der Waals surface area contributed by atoms with Crippen LogP contribution in [0.2, 0.25) is 5.15 Å². The fourth-order valence-electron chi connectivity index (χ4n) is 1.05. The van der Waals surface area contributed by atoms with Gasteiger partial charge in [0.05, 0.1) is 0 Å². The third-order valence-electron chi connectivity index (χ3n) is 1.66. The van der Waals surface area contributed by atoms with E-state index in [0.29, 0.717) is 16.5 Å². The molecule has 4 nitrogen and oxygen atoms in total. The molecule has 0 aliphatic heterocycles. The molecule has 0 aliphatic carbocycles. The lowest BCUT2D eigenvalue weighted by Gasteiger charge is -1.94. The van der Waals surface area contributed by atoms with Gasteiger partial charge in [0, 0.05) is 19.2 Å². The third kappa shape index (κ3) is 1.40. The van der Waals surface area contributed by atoms with E-state index in [1.165, 1.54) is 11.4 Å². The zero-order chi connectivity index (χ0) is 9.42. The van der Waals surface area contributed by atoms with Crippen molar-refractivity contribution in [3.8, 4) is 0 Å². The molecule has 0 bridgehead atoms. The predicted molar refractivity (Wildman–Crippen MR) is 48.0 cm³/mol.